The van der Waals surface area contributed by atoms with Crippen molar-refractivity contribution in [3.05, 3.63) is 5.82 Å². The van der Waals surface area contributed by atoms with E-state index in [1.54, 1.807) is 0 Å². The Hall–Kier alpha value is -1.04. The third-order valence-corrected chi connectivity index (χ3v) is 5.29. The first kappa shape index (κ1) is 14.9. The van der Waals surface area contributed by atoms with E-state index in [-0.39, 0.29) is 5.91 Å². The number of aromatic nitrogens is 3. The first-order valence-corrected chi connectivity index (χ1v) is 9.01. The van der Waals surface area contributed by atoms with Gasteiger partial charge in [0.2, 0.25) is 5.91 Å². The highest BCUT2D eigenvalue weighted by molar-refractivity contribution is 7.99. The van der Waals surface area contributed by atoms with Gasteiger partial charge in [-0.25, -0.2) is 0 Å². The number of amides is 1. The molecule has 2 aliphatic rings. The third-order valence-electron chi connectivity index (χ3n) is 4.34. The molecule has 116 valence electrons. The van der Waals surface area contributed by atoms with Crippen molar-refractivity contribution in [2.45, 2.75) is 57.1 Å². The summed E-state index contributed by atoms with van der Waals surface area (Å²) in [5.74, 6) is 3.07. The Bertz CT molecular complexity index is 512. The van der Waals surface area contributed by atoms with Crippen LogP contribution >= 0.6 is 11.8 Å². The molecule has 1 unspecified atom stereocenters. The van der Waals surface area contributed by atoms with Crippen LogP contribution in [0.1, 0.15) is 51.3 Å². The molecule has 6 heteroatoms. The fourth-order valence-corrected chi connectivity index (χ4v) is 3.89. The fraction of sp³-hybridized carbons (Fsp3) is 0.800. The summed E-state index contributed by atoms with van der Waals surface area (Å²) >= 11 is 1.54. The summed E-state index contributed by atoms with van der Waals surface area (Å²) < 4.78 is 2.18. The Balaban J connectivity index is 1.58. The molecule has 1 aliphatic heterocycles. The van der Waals surface area contributed by atoms with Gasteiger partial charge < -0.3 is 9.47 Å². The Morgan fingerprint density at radius 3 is 2.81 bits per heavy atom. The van der Waals surface area contributed by atoms with Gasteiger partial charge in [-0.2, -0.15) is 0 Å². The number of hydrogen-bond acceptors (Lipinski definition) is 4. The van der Waals surface area contributed by atoms with E-state index in [1.807, 2.05) is 4.90 Å². The fourth-order valence-electron chi connectivity index (χ4n) is 2.98. The maximum atomic E-state index is 12.3. The van der Waals surface area contributed by atoms with Crippen LogP contribution < -0.4 is 0 Å². The van der Waals surface area contributed by atoms with Crippen molar-refractivity contribution >= 4 is 17.7 Å². The average molecular weight is 308 g/mol. The molecular formula is C15H24N4OS. The van der Waals surface area contributed by atoms with E-state index in [0.29, 0.717) is 17.6 Å². The predicted molar refractivity (Wildman–Crippen MR) is 83.4 cm³/mol. The number of carbonyl (C=O) groups is 1. The van der Waals surface area contributed by atoms with Gasteiger partial charge in [0.25, 0.3) is 0 Å². The molecule has 1 saturated heterocycles. The Morgan fingerprint density at radius 2 is 2.14 bits per heavy atom. The third kappa shape index (κ3) is 3.42. The molecule has 1 atom stereocenters. The summed E-state index contributed by atoms with van der Waals surface area (Å²) in [5.41, 5.74) is 0. The van der Waals surface area contributed by atoms with Gasteiger partial charge in [0.1, 0.15) is 5.82 Å². The minimum Gasteiger partial charge on any atom is -0.342 e. The molecule has 21 heavy (non-hydrogen) atoms. The topological polar surface area (TPSA) is 51.0 Å². The lowest BCUT2D eigenvalue weighted by molar-refractivity contribution is -0.130. The van der Waals surface area contributed by atoms with E-state index < -0.39 is 0 Å². The zero-order valence-electron chi connectivity index (χ0n) is 12.9. The van der Waals surface area contributed by atoms with Crippen molar-refractivity contribution in [1.29, 1.82) is 0 Å². The molecule has 3 rings (SSSR count). The zero-order chi connectivity index (χ0) is 14.8. The van der Waals surface area contributed by atoms with E-state index in [0.717, 1.165) is 37.0 Å². The summed E-state index contributed by atoms with van der Waals surface area (Å²) in [5, 5.41) is 9.50. The number of likely N-dealkylation sites (tertiary alicyclic amines) is 1. The maximum Gasteiger partial charge on any atom is 0.233 e. The van der Waals surface area contributed by atoms with Gasteiger partial charge >= 0.3 is 0 Å². The van der Waals surface area contributed by atoms with Crippen molar-refractivity contribution in [2.75, 3.05) is 18.8 Å². The lowest BCUT2D eigenvalue weighted by atomic mass is 10.0. The minimum absolute atomic E-state index is 0.241. The quantitative estimate of drug-likeness (QED) is 0.784. The normalized spacial score (nSPS) is 22.6. The number of thioether (sulfide) groups is 1. The molecule has 2 heterocycles. The Kier molecular flexibility index (Phi) is 4.52. The molecule has 5 nitrogen and oxygen atoms in total. The van der Waals surface area contributed by atoms with Gasteiger partial charge in [-0.15, -0.1) is 10.2 Å². The molecular weight excluding hydrogens is 284 g/mol. The molecule has 0 radical (unpaired) electrons. The number of hydrogen-bond donors (Lipinski definition) is 0. The minimum atomic E-state index is 0.241. The molecule has 2 fully saturated rings. The van der Waals surface area contributed by atoms with E-state index >= 15 is 0 Å². The van der Waals surface area contributed by atoms with Crippen molar-refractivity contribution in [1.82, 2.24) is 19.7 Å². The van der Waals surface area contributed by atoms with Crippen molar-refractivity contribution < 1.29 is 4.79 Å². The van der Waals surface area contributed by atoms with Crippen LogP contribution in [0.5, 0.6) is 0 Å². The second-order valence-corrected chi connectivity index (χ2v) is 7.18. The largest absolute Gasteiger partial charge is 0.342 e. The monoisotopic (exact) mass is 308 g/mol. The molecule has 1 aromatic rings. The van der Waals surface area contributed by atoms with Crippen molar-refractivity contribution in [3.63, 3.8) is 0 Å². The zero-order valence-corrected chi connectivity index (χ0v) is 13.7. The smallest absolute Gasteiger partial charge is 0.233 e. The molecule has 0 bridgehead atoms. The molecule has 1 saturated carbocycles. The molecule has 1 aromatic heterocycles. The highest BCUT2D eigenvalue weighted by Gasteiger charge is 2.30. The molecule has 0 aromatic carbocycles. The van der Waals surface area contributed by atoms with Crippen LogP contribution in [-0.2, 0) is 11.3 Å². The van der Waals surface area contributed by atoms with Crippen LogP contribution in [0, 0.1) is 5.92 Å². The number of rotatable bonds is 5. The highest BCUT2D eigenvalue weighted by Crippen LogP contribution is 2.40. The van der Waals surface area contributed by atoms with Gasteiger partial charge in [-0.1, -0.05) is 18.7 Å². The SMILES string of the molecule is CCn1c(SCC(=O)N2CCCC(C)C2)nnc1C1CC1. The summed E-state index contributed by atoms with van der Waals surface area (Å²) in [7, 11) is 0. The first-order valence-electron chi connectivity index (χ1n) is 8.02. The Morgan fingerprint density at radius 1 is 1.33 bits per heavy atom. The van der Waals surface area contributed by atoms with Crippen LogP contribution in [-0.4, -0.2) is 44.4 Å². The first-order chi connectivity index (χ1) is 10.2. The number of nitrogens with zero attached hydrogens (tertiary/aromatic N) is 4. The summed E-state index contributed by atoms with van der Waals surface area (Å²) in [6.07, 6.45) is 4.83. The standard InChI is InChI=1S/C15H24N4OS/c1-3-19-14(12-6-7-12)16-17-15(19)21-10-13(20)18-8-4-5-11(2)9-18/h11-12H,3-10H2,1-2H3. The number of piperidine rings is 1. The lowest BCUT2D eigenvalue weighted by Gasteiger charge is -2.30. The van der Waals surface area contributed by atoms with E-state index in [9.17, 15) is 4.79 Å². The molecule has 1 aliphatic carbocycles. The van der Waals surface area contributed by atoms with Crippen LogP contribution in [0.15, 0.2) is 5.16 Å². The average Bonchev–Trinajstić information content (AvgIpc) is 3.25. The van der Waals surface area contributed by atoms with E-state index in [2.05, 4.69) is 28.6 Å². The lowest BCUT2D eigenvalue weighted by Crippen LogP contribution is -2.40. The maximum absolute atomic E-state index is 12.3. The Labute approximate surface area is 130 Å². The summed E-state index contributed by atoms with van der Waals surface area (Å²) in [4.78, 5) is 14.3. The van der Waals surface area contributed by atoms with Gasteiger partial charge in [-0.3, -0.25) is 4.79 Å². The van der Waals surface area contributed by atoms with Gasteiger partial charge in [0.15, 0.2) is 5.16 Å². The van der Waals surface area contributed by atoms with Crippen LogP contribution in [0.3, 0.4) is 0 Å². The summed E-state index contributed by atoms with van der Waals surface area (Å²) in [6.45, 7) is 7.05. The molecule has 0 N–H and O–H groups in total. The second kappa shape index (κ2) is 6.38. The van der Waals surface area contributed by atoms with Crippen LogP contribution in [0.4, 0.5) is 0 Å². The molecule has 0 spiro atoms. The highest BCUT2D eigenvalue weighted by atomic mass is 32.2. The van der Waals surface area contributed by atoms with Gasteiger partial charge in [-0.05, 0) is 38.5 Å². The second-order valence-electron chi connectivity index (χ2n) is 6.24. The van der Waals surface area contributed by atoms with Gasteiger partial charge in [0, 0.05) is 25.6 Å². The predicted octanol–water partition coefficient (Wildman–Crippen LogP) is 2.53. The number of carbonyl (C=O) groups excluding carboxylic acids is 1. The molecule has 1 amide bonds. The van der Waals surface area contributed by atoms with E-state index in [1.165, 1.54) is 31.0 Å². The van der Waals surface area contributed by atoms with Crippen LogP contribution in [0.2, 0.25) is 0 Å². The van der Waals surface area contributed by atoms with Crippen molar-refractivity contribution in [3.8, 4) is 0 Å². The summed E-state index contributed by atoms with van der Waals surface area (Å²) in [6, 6.07) is 0. The van der Waals surface area contributed by atoms with Crippen LogP contribution in [0.25, 0.3) is 0 Å². The van der Waals surface area contributed by atoms with Crippen molar-refractivity contribution in [2.24, 2.45) is 5.92 Å². The van der Waals surface area contributed by atoms with Gasteiger partial charge in [0.05, 0.1) is 5.75 Å². The van der Waals surface area contributed by atoms with E-state index in [4.69, 9.17) is 0 Å².